The van der Waals surface area contributed by atoms with Crippen LogP contribution in [-0.4, -0.2) is 11.7 Å². The van der Waals surface area contributed by atoms with Crippen LogP contribution in [0.15, 0.2) is 60.3 Å². The van der Waals surface area contributed by atoms with E-state index in [1.807, 2.05) is 6.07 Å². The number of ketones is 1. The van der Waals surface area contributed by atoms with Crippen molar-refractivity contribution in [1.29, 1.82) is 5.26 Å². The van der Waals surface area contributed by atoms with E-state index in [4.69, 9.17) is 16.9 Å². The molecular formula is C18H14ClN3O2. The van der Waals surface area contributed by atoms with Crippen LogP contribution in [0.3, 0.4) is 0 Å². The monoisotopic (exact) mass is 339 g/mol. The molecular weight excluding hydrogens is 326 g/mol. The molecule has 0 atom stereocenters. The van der Waals surface area contributed by atoms with Crippen LogP contribution < -0.4 is 10.6 Å². The standard InChI is InChI=1S/C18H14ClN3O2/c1-12(23)13-4-2-6-16(8-13)21-11-14(10-20)18(24)22-17-7-3-5-15(19)9-17/h2-9,11,21H,1H3,(H,22,24)/b14-11-. The molecule has 0 radical (unpaired) electrons. The van der Waals surface area contributed by atoms with Crippen molar-refractivity contribution in [3.05, 3.63) is 70.9 Å². The Labute approximate surface area is 144 Å². The highest BCUT2D eigenvalue weighted by Crippen LogP contribution is 2.16. The second-order valence-corrected chi connectivity index (χ2v) is 5.35. The summed E-state index contributed by atoms with van der Waals surface area (Å²) in [5, 5.41) is 15.1. The van der Waals surface area contributed by atoms with E-state index in [2.05, 4.69) is 10.6 Å². The Hall–Kier alpha value is -3.10. The summed E-state index contributed by atoms with van der Waals surface area (Å²) < 4.78 is 0. The first-order chi connectivity index (χ1) is 11.5. The highest BCUT2D eigenvalue weighted by atomic mass is 35.5. The van der Waals surface area contributed by atoms with E-state index in [9.17, 15) is 9.59 Å². The largest absolute Gasteiger partial charge is 0.360 e. The molecule has 0 saturated heterocycles. The zero-order valence-electron chi connectivity index (χ0n) is 12.8. The Morgan fingerprint density at radius 3 is 2.50 bits per heavy atom. The maximum Gasteiger partial charge on any atom is 0.267 e. The number of benzene rings is 2. The lowest BCUT2D eigenvalue weighted by atomic mass is 10.1. The number of nitriles is 1. The third kappa shape index (κ3) is 4.70. The lowest BCUT2D eigenvalue weighted by molar-refractivity contribution is -0.112. The Kier molecular flexibility index (Phi) is 5.72. The fourth-order valence-electron chi connectivity index (χ4n) is 1.90. The van der Waals surface area contributed by atoms with E-state index in [-0.39, 0.29) is 11.4 Å². The van der Waals surface area contributed by atoms with Crippen LogP contribution in [0.1, 0.15) is 17.3 Å². The van der Waals surface area contributed by atoms with Gasteiger partial charge >= 0.3 is 0 Å². The van der Waals surface area contributed by atoms with Crippen LogP contribution in [0.25, 0.3) is 0 Å². The van der Waals surface area contributed by atoms with Gasteiger partial charge in [0.15, 0.2) is 5.78 Å². The molecule has 0 spiro atoms. The van der Waals surface area contributed by atoms with Gasteiger partial charge in [0, 0.05) is 28.2 Å². The number of carbonyl (C=O) groups is 2. The molecule has 2 rings (SSSR count). The number of Topliss-reactive ketones (excluding diaryl/α,β-unsaturated/α-hetero) is 1. The Balaban J connectivity index is 2.11. The third-order valence-electron chi connectivity index (χ3n) is 3.10. The SMILES string of the molecule is CC(=O)c1cccc(N/C=C(/C#N)C(=O)Nc2cccc(Cl)c2)c1. The Bertz CT molecular complexity index is 853. The minimum Gasteiger partial charge on any atom is -0.360 e. The van der Waals surface area contributed by atoms with Gasteiger partial charge in [0.25, 0.3) is 5.91 Å². The summed E-state index contributed by atoms with van der Waals surface area (Å²) in [6.45, 7) is 1.47. The molecule has 0 aliphatic heterocycles. The molecule has 0 bridgehead atoms. The predicted molar refractivity (Wildman–Crippen MR) is 93.8 cm³/mol. The van der Waals surface area contributed by atoms with Crippen molar-refractivity contribution in [1.82, 2.24) is 0 Å². The average Bonchev–Trinajstić information content (AvgIpc) is 2.55. The maximum atomic E-state index is 12.1. The zero-order chi connectivity index (χ0) is 17.5. The Morgan fingerprint density at radius 1 is 1.12 bits per heavy atom. The van der Waals surface area contributed by atoms with Gasteiger partial charge in [-0.15, -0.1) is 0 Å². The van der Waals surface area contributed by atoms with Gasteiger partial charge in [-0.2, -0.15) is 5.26 Å². The average molecular weight is 340 g/mol. The first-order valence-corrected chi connectivity index (χ1v) is 7.42. The smallest absolute Gasteiger partial charge is 0.267 e. The van der Waals surface area contributed by atoms with Gasteiger partial charge in [-0.05, 0) is 37.3 Å². The minimum atomic E-state index is -0.560. The number of carbonyl (C=O) groups excluding carboxylic acids is 2. The summed E-state index contributed by atoms with van der Waals surface area (Å²) in [6, 6.07) is 15.2. The van der Waals surface area contributed by atoms with Gasteiger partial charge in [-0.25, -0.2) is 0 Å². The van der Waals surface area contributed by atoms with Crippen molar-refractivity contribution in [3.63, 3.8) is 0 Å². The summed E-state index contributed by atoms with van der Waals surface area (Å²) in [4.78, 5) is 23.5. The highest BCUT2D eigenvalue weighted by molar-refractivity contribution is 6.31. The van der Waals surface area contributed by atoms with Gasteiger partial charge in [-0.1, -0.05) is 29.8 Å². The van der Waals surface area contributed by atoms with E-state index >= 15 is 0 Å². The first-order valence-electron chi connectivity index (χ1n) is 7.04. The van der Waals surface area contributed by atoms with Crippen LogP contribution in [0.2, 0.25) is 5.02 Å². The number of hydrogen-bond donors (Lipinski definition) is 2. The first kappa shape index (κ1) is 17.3. The van der Waals surface area contributed by atoms with Crippen LogP contribution >= 0.6 is 11.6 Å². The molecule has 5 nitrogen and oxygen atoms in total. The van der Waals surface area contributed by atoms with E-state index in [1.54, 1.807) is 48.5 Å². The van der Waals surface area contributed by atoms with E-state index in [0.717, 1.165) is 0 Å². The van der Waals surface area contributed by atoms with Crippen molar-refractivity contribution < 1.29 is 9.59 Å². The molecule has 1 amide bonds. The lowest BCUT2D eigenvalue weighted by Gasteiger charge is -2.06. The molecule has 24 heavy (non-hydrogen) atoms. The van der Waals surface area contributed by atoms with E-state index < -0.39 is 5.91 Å². The number of hydrogen-bond acceptors (Lipinski definition) is 4. The molecule has 0 aliphatic rings. The van der Waals surface area contributed by atoms with E-state index in [0.29, 0.717) is 22.0 Å². The number of nitrogens with zero attached hydrogens (tertiary/aromatic N) is 1. The number of rotatable bonds is 5. The number of amides is 1. The maximum absolute atomic E-state index is 12.1. The highest BCUT2D eigenvalue weighted by Gasteiger charge is 2.09. The fraction of sp³-hybridized carbons (Fsp3) is 0.0556. The van der Waals surface area contributed by atoms with Gasteiger partial charge in [0.05, 0.1) is 0 Å². The molecule has 2 aromatic rings. The predicted octanol–water partition coefficient (Wildman–Crippen LogP) is 4.00. The zero-order valence-corrected chi connectivity index (χ0v) is 13.6. The topological polar surface area (TPSA) is 82.0 Å². The van der Waals surface area contributed by atoms with Gasteiger partial charge in [0.1, 0.15) is 11.6 Å². The normalized spacial score (nSPS) is 10.6. The van der Waals surface area contributed by atoms with Crippen LogP contribution in [-0.2, 0) is 4.79 Å². The molecule has 0 saturated carbocycles. The van der Waals surface area contributed by atoms with Crippen molar-refractivity contribution >= 4 is 34.7 Å². The number of halogens is 1. The summed E-state index contributed by atoms with van der Waals surface area (Å²) in [7, 11) is 0. The third-order valence-corrected chi connectivity index (χ3v) is 3.33. The molecule has 0 unspecified atom stereocenters. The molecule has 6 heteroatoms. The van der Waals surface area contributed by atoms with Crippen molar-refractivity contribution in [3.8, 4) is 6.07 Å². The van der Waals surface area contributed by atoms with Gasteiger partial charge in [-0.3, -0.25) is 9.59 Å². The number of nitrogens with one attached hydrogen (secondary N) is 2. The molecule has 0 aliphatic carbocycles. The summed E-state index contributed by atoms with van der Waals surface area (Å²) in [5.41, 5.74) is 1.52. The molecule has 2 aromatic carbocycles. The van der Waals surface area contributed by atoms with Crippen LogP contribution in [0, 0.1) is 11.3 Å². The van der Waals surface area contributed by atoms with Gasteiger partial charge < -0.3 is 10.6 Å². The van der Waals surface area contributed by atoms with E-state index in [1.165, 1.54) is 13.1 Å². The number of anilines is 2. The lowest BCUT2D eigenvalue weighted by Crippen LogP contribution is -2.14. The quantitative estimate of drug-likeness (QED) is 0.490. The van der Waals surface area contributed by atoms with Gasteiger partial charge in [0.2, 0.25) is 0 Å². The van der Waals surface area contributed by atoms with Crippen molar-refractivity contribution in [2.45, 2.75) is 6.92 Å². The second kappa shape index (κ2) is 7.95. The van der Waals surface area contributed by atoms with Crippen LogP contribution in [0.4, 0.5) is 11.4 Å². The van der Waals surface area contributed by atoms with Crippen molar-refractivity contribution in [2.75, 3.05) is 10.6 Å². The fourth-order valence-corrected chi connectivity index (χ4v) is 2.09. The molecule has 0 aromatic heterocycles. The summed E-state index contributed by atoms with van der Waals surface area (Å²) >= 11 is 5.85. The summed E-state index contributed by atoms with van der Waals surface area (Å²) in [6.07, 6.45) is 1.29. The molecule has 0 heterocycles. The Morgan fingerprint density at radius 2 is 1.83 bits per heavy atom. The second-order valence-electron chi connectivity index (χ2n) is 4.92. The molecule has 120 valence electrons. The summed E-state index contributed by atoms with van der Waals surface area (Å²) in [5.74, 6) is -0.628. The molecule has 0 fully saturated rings. The minimum absolute atomic E-state index is 0.0677. The molecule has 2 N–H and O–H groups in total. The van der Waals surface area contributed by atoms with Crippen LogP contribution in [0.5, 0.6) is 0 Å². The van der Waals surface area contributed by atoms with Crippen molar-refractivity contribution in [2.24, 2.45) is 0 Å².